The maximum Gasteiger partial charge on any atom is 0.0444 e. The first-order valence-electron chi connectivity index (χ1n) is 4.17. The normalized spacial score (nSPS) is 15.5. The monoisotopic (exact) mass is 192 g/mol. The fourth-order valence-corrected chi connectivity index (χ4v) is 2.21. The Morgan fingerprint density at radius 2 is 1.64 bits per heavy atom. The van der Waals surface area contributed by atoms with Crippen molar-refractivity contribution in [2.24, 2.45) is 11.3 Å². The van der Waals surface area contributed by atoms with Crippen LogP contribution in [0.5, 0.6) is 0 Å². The van der Waals surface area contributed by atoms with E-state index in [1.807, 2.05) is 0 Å². The standard InChI is InChI=1S/C9H20S2/c1-7(5-8(10)11)6-9(2,3)4/h7-8,10-11H,5-6H2,1-4H3. The van der Waals surface area contributed by atoms with Gasteiger partial charge >= 0.3 is 0 Å². The highest BCUT2D eigenvalue weighted by atomic mass is 32.2. The fourth-order valence-electron chi connectivity index (χ4n) is 1.49. The molecular formula is C9H20S2. The van der Waals surface area contributed by atoms with E-state index in [2.05, 4.69) is 53.0 Å². The van der Waals surface area contributed by atoms with E-state index < -0.39 is 0 Å². The zero-order valence-electron chi connectivity index (χ0n) is 7.96. The van der Waals surface area contributed by atoms with Crippen molar-refractivity contribution in [2.45, 2.75) is 45.1 Å². The highest BCUT2D eigenvalue weighted by Crippen LogP contribution is 2.28. The average molecular weight is 192 g/mol. The first-order chi connectivity index (χ1) is 4.81. The van der Waals surface area contributed by atoms with Gasteiger partial charge in [0.1, 0.15) is 0 Å². The molecule has 0 saturated heterocycles. The second kappa shape index (κ2) is 4.66. The zero-order valence-corrected chi connectivity index (χ0v) is 9.75. The maximum absolute atomic E-state index is 4.25. The molecule has 1 unspecified atom stereocenters. The molecule has 68 valence electrons. The van der Waals surface area contributed by atoms with Crippen molar-refractivity contribution in [3.8, 4) is 0 Å². The molecule has 0 bridgehead atoms. The molecule has 0 aliphatic carbocycles. The molecule has 0 N–H and O–H groups in total. The molecule has 0 aromatic carbocycles. The van der Waals surface area contributed by atoms with E-state index in [1.165, 1.54) is 6.42 Å². The molecule has 0 aliphatic rings. The van der Waals surface area contributed by atoms with Gasteiger partial charge in [0.2, 0.25) is 0 Å². The molecule has 0 radical (unpaired) electrons. The van der Waals surface area contributed by atoms with E-state index in [0.717, 1.165) is 12.3 Å². The lowest BCUT2D eigenvalue weighted by Gasteiger charge is -2.23. The van der Waals surface area contributed by atoms with E-state index >= 15 is 0 Å². The van der Waals surface area contributed by atoms with Crippen molar-refractivity contribution in [2.75, 3.05) is 0 Å². The molecule has 0 rings (SSSR count). The predicted molar refractivity (Wildman–Crippen MR) is 59.6 cm³/mol. The molecule has 11 heavy (non-hydrogen) atoms. The number of hydrogen-bond donors (Lipinski definition) is 2. The van der Waals surface area contributed by atoms with Crippen LogP contribution in [0.25, 0.3) is 0 Å². The molecule has 0 nitrogen and oxygen atoms in total. The summed E-state index contributed by atoms with van der Waals surface area (Å²) in [5, 5.41) is 0. The molecule has 0 fully saturated rings. The van der Waals surface area contributed by atoms with Crippen molar-refractivity contribution in [3.63, 3.8) is 0 Å². The van der Waals surface area contributed by atoms with E-state index in [0.29, 0.717) is 5.41 Å². The molecule has 0 aromatic heterocycles. The minimum absolute atomic E-state index is 0.243. The van der Waals surface area contributed by atoms with E-state index in [1.54, 1.807) is 0 Å². The summed E-state index contributed by atoms with van der Waals surface area (Å²) in [7, 11) is 0. The smallest absolute Gasteiger partial charge is 0.0444 e. The summed E-state index contributed by atoms with van der Waals surface area (Å²) in [4.78, 5) is 0. The van der Waals surface area contributed by atoms with E-state index in [4.69, 9.17) is 0 Å². The average Bonchev–Trinajstić information content (AvgIpc) is 1.53. The Balaban J connectivity index is 3.61. The minimum atomic E-state index is 0.243. The number of rotatable bonds is 3. The minimum Gasteiger partial charge on any atom is -0.165 e. The predicted octanol–water partition coefficient (Wildman–Crippen LogP) is 3.63. The van der Waals surface area contributed by atoms with Gasteiger partial charge in [0.05, 0.1) is 0 Å². The van der Waals surface area contributed by atoms with Crippen LogP contribution in [-0.2, 0) is 0 Å². The van der Waals surface area contributed by atoms with Gasteiger partial charge in [-0.05, 0) is 24.2 Å². The second-order valence-corrected chi connectivity index (χ2v) is 6.24. The van der Waals surface area contributed by atoms with Crippen LogP contribution >= 0.6 is 25.3 Å². The Bertz CT molecular complexity index is 103. The van der Waals surface area contributed by atoms with E-state index in [9.17, 15) is 0 Å². The van der Waals surface area contributed by atoms with E-state index in [-0.39, 0.29) is 4.58 Å². The molecular weight excluding hydrogens is 172 g/mol. The van der Waals surface area contributed by atoms with Gasteiger partial charge in [-0.15, -0.1) is 0 Å². The summed E-state index contributed by atoms with van der Waals surface area (Å²) >= 11 is 8.50. The lowest BCUT2D eigenvalue weighted by molar-refractivity contribution is 0.302. The quantitative estimate of drug-likeness (QED) is 0.495. The lowest BCUT2D eigenvalue weighted by Crippen LogP contribution is -2.12. The van der Waals surface area contributed by atoms with Gasteiger partial charge in [0, 0.05) is 4.58 Å². The van der Waals surface area contributed by atoms with Crippen molar-refractivity contribution in [3.05, 3.63) is 0 Å². The molecule has 0 aliphatic heterocycles. The third kappa shape index (κ3) is 8.61. The van der Waals surface area contributed by atoms with Gasteiger partial charge in [-0.1, -0.05) is 27.7 Å². The van der Waals surface area contributed by atoms with Gasteiger partial charge in [0.25, 0.3) is 0 Å². The second-order valence-electron chi connectivity index (χ2n) is 4.59. The third-order valence-electron chi connectivity index (χ3n) is 1.57. The summed E-state index contributed by atoms with van der Waals surface area (Å²) in [5.74, 6) is 0.731. The molecule has 0 amide bonds. The summed E-state index contributed by atoms with van der Waals surface area (Å²) in [6.07, 6.45) is 2.36. The topological polar surface area (TPSA) is 0 Å². The Hall–Kier alpha value is 0.700. The lowest BCUT2D eigenvalue weighted by atomic mass is 9.84. The van der Waals surface area contributed by atoms with Crippen LogP contribution in [0.2, 0.25) is 0 Å². The zero-order chi connectivity index (χ0) is 9.07. The highest BCUT2D eigenvalue weighted by Gasteiger charge is 2.16. The van der Waals surface area contributed by atoms with Crippen molar-refractivity contribution < 1.29 is 0 Å². The summed E-state index contributed by atoms with van der Waals surface area (Å²) in [5.41, 5.74) is 0.440. The Labute approximate surface area is 82.0 Å². The van der Waals surface area contributed by atoms with Gasteiger partial charge in [-0.3, -0.25) is 0 Å². The summed E-state index contributed by atoms with van der Waals surface area (Å²) < 4.78 is 0.243. The summed E-state index contributed by atoms with van der Waals surface area (Å²) in [6, 6.07) is 0. The van der Waals surface area contributed by atoms with Crippen molar-refractivity contribution >= 4 is 25.3 Å². The van der Waals surface area contributed by atoms with Crippen LogP contribution in [0.4, 0.5) is 0 Å². The molecule has 2 heteroatoms. The van der Waals surface area contributed by atoms with Gasteiger partial charge < -0.3 is 0 Å². The van der Waals surface area contributed by atoms with Crippen LogP contribution in [0, 0.1) is 11.3 Å². The van der Waals surface area contributed by atoms with Gasteiger partial charge in [-0.25, -0.2) is 0 Å². The first-order valence-corrected chi connectivity index (χ1v) is 5.20. The van der Waals surface area contributed by atoms with Crippen LogP contribution in [0.15, 0.2) is 0 Å². The van der Waals surface area contributed by atoms with Crippen LogP contribution in [0.3, 0.4) is 0 Å². The Morgan fingerprint density at radius 3 is 1.91 bits per heavy atom. The molecule has 0 heterocycles. The Kier molecular flexibility index (Phi) is 4.96. The van der Waals surface area contributed by atoms with Gasteiger partial charge in [0.15, 0.2) is 0 Å². The number of thiol groups is 2. The summed E-state index contributed by atoms with van der Waals surface area (Å²) in [6.45, 7) is 9.09. The third-order valence-corrected chi connectivity index (χ3v) is 2.00. The fraction of sp³-hybridized carbons (Fsp3) is 1.00. The molecule has 0 saturated carbocycles. The molecule has 0 aromatic rings. The Morgan fingerprint density at radius 1 is 1.18 bits per heavy atom. The molecule has 0 spiro atoms. The van der Waals surface area contributed by atoms with Crippen LogP contribution < -0.4 is 0 Å². The maximum atomic E-state index is 4.25. The first kappa shape index (κ1) is 11.7. The van der Waals surface area contributed by atoms with Gasteiger partial charge in [-0.2, -0.15) is 25.3 Å². The van der Waals surface area contributed by atoms with Crippen molar-refractivity contribution in [1.82, 2.24) is 0 Å². The van der Waals surface area contributed by atoms with Crippen molar-refractivity contribution in [1.29, 1.82) is 0 Å². The SMILES string of the molecule is CC(CC(S)S)CC(C)(C)C. The number of hydrogen-bond acceptors (Lipinski definition) is 2. The largest absolute Gasteiger partial charge is 0.165 e. The molecule has 1 atom stereocenters. The van der Waals surface area contributed by atoms with Crippen LogP contribution in [0.1, 0.15) is 40.5 Å². The van der Waals surface area contributed by atoms with Crippen LogP contribution in [-0.4, -0.2) is 4.58 Å². The highest BCUT2D eigenvalue weighted by molar-refractivity contribution is 7.99.